The van der Waals surface area contributed by atoms with Crippen molar-refractivity contribution >= 4 is 12.2 Å². The van der Waals surface area contributed by atoms with Gasteiger partial charge in [0, 0.05) is 11.1 Å². The van der Waals surface area contributed by atoms with Crippen LogP contribution in [0.1, 0.15) is 126 Å². The van der Waals surface area contributed by atoms with E-state index in [9.17, 15) is 0 Å². The molecule has 2 aromatic rings. The lowest BCUT2D eigenvalue weighted by atomic mass is 9.83. The Bertz CT molecular complexity index is 947. The summed E-state index contributed by atoms with van der Waals surface area (Å²) in [4.78, 5) is 0. The molecule has 0 N–H and O–H groups in total. The number of ether oxygens (including phenoxy) is 2. The summed E-state index contributed by atoms with van der Waals surface area (Å²) in [6, 6.07) is 9.40. The van der Waals surface area contributed by atoms with Gasteiger partial charge in [-0.15, -0.1) is 0 Å². The van der Waals surface area contributed by atoms with Crippen molar-refractivity contribution < 1.29 is 9.47 Å². The first kappa shape index (κ1) is 28.4. The van der Waals surface area contributed by atoms with E-state index in [1.807, 2.05) is 14.2 Å². The zero-order valence-electron chi connectivity index (χ0n) is 24.4. The highest BCUT2D eigenvalue weighted by Gasteiger charge is 2.21. The first-order valence-electron chi connectivity index (χ1n) is 14.2. The molecule has 0 unspecified atom stereocenters. The van der Waals surface area contributed by atoms with Crippen LogP contribution in [0.5, 0.6) is 11.5 Å². The predicted octanol–water partition coefficient (Wildman–Crippen LogP) is 9.69. The van der Waals surface area contributed by atoms with Gasteiger partial charge in [-0.2, -0.15) is 0 Å². The van der Waals surface area contributed by atoms with E-state index in [4.69, 9.17) is 9.47 Å². The first-order chi connectivity index (χ1) is 17.0. The topological polar surface area (TPSA) is 18.5 Å². The number of fused-ring (bicyclic) bond motifs is 4. The van der Waals surface area contributed by atoms with Crippen LogP contribution in [0.3, 0.4) is 0 Å². The van der Waals surface area contributed by atoms with Crippen molar-refractivity contribution in [3.05, 3.63) is 57.6 Å². The molecule has 3 rings (SSSR count). The molecule has 198 valence electrons. The van der Waals surface area contributed by atoms with E-state index in [0.29, 0.717) is 0 Å². The Kier molecular flexibility index (Phi) is 9.72. The van der Waals surface area contributed by atoms with E-state index >= 15 is 0 Å². The van der Waals surface area contributed by atoms with Crippen molar-refractivity contribution in [3.8, 4) is 11.5 Å². The molecule has 0 saturated heterocycles. The molecule has 1 aliphatic carbocycles. The van der Waals surface area contributed by atoms with Gasteiger partial charge in [0.25, 0.3) is 0 Å². The fourth-order valence-corrected chi connectivity index (χ4v) is 5.28. The molecule has 0 radical (unpaired) electrons. The quantitative estimate of drug-likeness (QED) is 0.417. The normalized spacial score (nSPS) is 17.1. The smallest absolute Gasteiger partial charge is 0.129 e. The number of benzene rings is 2. The Morgan fingerprint density at radius 2 is 0.833 bits per heavy atom. The first-order valence-corrected chi connectivity index (χ1v) is 14.2. The van der Waals surface area contributed by atoms with E-state index < -0.39 is 0 Å². The van der Waals surface area contributed by atoms with Crippen LogP contribution in [0.25, 0.3) is 12.2 Å². The van der Waals surface area contributed by atoms with Gasteiger partial charge in [0.2, 0.25) is 0 Å². The highest BCUT2D eigenvalue weighted by molar-refractivity contribution is 5.77. The molecule has 0 atom stereocenters. The maximum Gasteiger partial charge on any atom is 0.129 e. The third-order valence-corrected chi connectivity index (χ3v) is 7.61. The molecule has 0 saturated carbocycles. The monoisotopic (exact) mass is 490 g/mol. The van der Waals surface area contributed by atoms with Crippen molar-refractivity contribution in [3.63, 3.8) is 0 Å². The second kappa shape index (κ2) is 12.3. The number of hydrogen-bond acceptors (Lipinski definition) is 2. The summed E-state index contributed by atoms with van der Waals surface area (Å²) in [6.45, 7) is 13.8. The molecule has 2 heteroatoms. The second-order valence-corrected chi connectivity index (χ2v) is 12.7. The summed E-state index contributed by atoms with van der Waals surface area (Å²) >= 11 is 0. The number of hydrogen-bond donors (Lipinski definition) is 0. The molecule has 1 aliphatic rings. The zero-order valence-corrected chi connectivity index (χ0v) is 24.4. The molecule has 2 aromatic carbocycles. The van der Waals surface area contributed by atoms with Crippen molar-refractivity contribution in [1.29, 1.82) is 0 Å². The molecule has 4 bridgehead atoms. The van der Waals surface area contributed by atoms with Gasteiger partial charge in [-0.3, -0.25) is 0 Å². The lowest BCUT2D eigenvalue weighted by molar-refractivity contribution is 0.406. The largest absolute Gasteiger partial charge is 0.496 e. The van der Waals surface area contributed by atoms with Crippen LogP contribution in [-0.4, -0.2) is 14.2 Å². The van der Waals surface area contributed by atoms with Crippen molar-refractivity contribution in [2.24, 2.45) is 0 Å². The molecule has 0 fully saturated rings. The zero-order chi connectivity index (χ0) is 26.3. The molecule has 2 nitrogen and oxygen atoms in total. The van der Waals surface area contributed by atoms with Crippen LogP contribution in [0.4, 0.5) is 0 Å². The Balaban J connectivity index is 2.17. The van der Waals surface area contributed by atoms with Gasteiger partial charge in [0.15, 0.2) is 0 Å². The summed E-state index contributed by atoms with van der Waals surface area (Å²) in [7, 11) is 3.63. The van der Waals surface area contributed by atoms with Gasteiger partial charge < -0.3 is 9.47 Å². The fourth-order valence-electron chi connectivity index (χ4n) is 5.28. The molecular formula is C34H50O2. The fraction of sp³-hybridized carbons (Fsp3) is 0.588. The minimum absolute atomic E-state index is 0.0810. The average Bonchev–Trinajstić information content (AvgIpc) is 2.81. The lowest BCUT2D eigenvalue weighted by Gasteiger charge is -2.24. The number of methoxy groups -OCH3 is 2. The molecule has 0 aromatic heterocycles. The Morgan fingerprint density at radius 3 is 1.14 bits per heavy atom. The third-order valence-electron chi connectivity index (χ3n) is 7.61. The third kappa shape index (κ3) is 7.40. The summed E-state index contributed by atoms with van der Waals surface area (Å²) in [6.07, 6.45) is 17.0. The Hall–Kier alpha value is -2.22. The van der Waals surface area contributed by atoms with Crippen molar-refractivity contribution in [2.75, 3.05) is 14.2 Å². The molecule has 0 spiro atoms. The minimum atomic E-state index is 0.0810. The molecule has 0 amide bonds. The maximum absolute atomic E-state index is 6.03. The van der Waals surface area contributed by atoms with E-state index in [1.165, 1.54) is 73.6 Å². The van der Waals surface area contributed by atoms with Crippen LogP contribution in [-0.2, 0) is 23.7 Å². The molecular weight excluding hydrogens is 440 g/mol. The summed E-state index contributed by atoms with van der Waals surface area (Å²) in [5, 5.41) is 0. The van der Waals surface area contributed by atoms with Gasteiger partial charge in [-0.05, 0) is 70.9 Å². The van der Waals surface area contributed by atoms with Gasteiger partial charge in [-0.25, -0.2) is 0 Å². The van der Waals surface area contributed by atoms with Gasteiger partial charge in [-0.1, -0.05) is 104 Å². The van der Waals surface area contributed by atoms with E-state index in [-0.39, 0.29) is 10.8 Å². The van der Waals surface area contributed by atoms with Gasteiger partial charge in [0.1, 0.15) is 11.5 Å². The van der Waals surface area contributed by atoms with Gasteiger partial charge in [0.05, 0.1) is 14.2 Å². The second-order valence-electron chi connectivity index (χ2n) is 12.7. The summed E-state index contributed by atoms with van der Waals surface area (Å²) < 4.78 is 12.1. The highest BCUT2D eigenvalue weighted by Crippen LogP contribution is 2.37. The summed E-state index contributed by atoms with van der Waals surface area (Å²) in [5.41, 5.74) is 7.88. The summed E-state index contributed by atoms with van der Waals surface area (Å²) in [5.74, 6) is 2.04. The highest BCUT2D eigenvalue weighted by atomic mass is 16.5. The predicted molar refractivity (Wildman–Crippen MR) is 157 cm³/mol. The van der Waals surface area contributed by atoms with E-state index in [2.05, 4.69) is 78.0 Å². The van der Waals surface area contributed by atoms with Gasteiger partial charge >= 0.3 is 0 Å². The van der Waals surface area contributed by atoms with Crippen LogP contribution in [0, 0.1) is 0 Å². The van der Waals surface area contributed by atoms with Crippen LogP contribution >= 0.6 is 0 Å². The standard InChI is InChI=1S/C34H50O2/c1-33(2,3)29-21-25-17-15-13-11-9-10-12-14-16-18-26-22-30(34(4,5)6)24-28(32(26)36-8)20-19-27(23-29)31(25)35-7/h19-24H,9-18H2,1-8H3/b20-19-. The molecule has 0 aliphatic heterocycles. The Morgan fingerprint density at radius 1 is 0.500 bits per heavy atom. The SMILES string of the molecule is COc1c2cc(C(C)(C)C)cc1CCCCCCCCCCc1cc(C(C)(C)C)cc(c1OC)/C=C\2. The Labute approximate surface area is 221 Å². The number of aryl methyl sites for hydroxylation is 2. The van der Waals surface area contributed by atoms with Crippen LogP contribution < -0.4 is 9.47 Å². The van der Waals surface area contributed by atoms with Crippen molar-refractivity contribution in [1.82, 2.24) is 0 Å². The average molecular weight is 491 g/mol. The maximum atomic E-state index is 6.03. The van der Waals surface area contributed by atoms with E-state index in [1.54, 1.807) is 0 Å². The van der Waals surface area contributed by atoms with Crippen LogP contribution in [0.15, 0.2) is 24.3 Å². The minimum Gasteiger partial charge on any atom is -0.496 e. The van der Waals surface area contributed by atoms with Crippen molar-refractivity contribution in [2.45, 2.75) is 117 Å². The van der Waals surface area contributed by atoms with Crippen LogP contribution in [0.2, 0.25) is 0 Å². The number of rotatable bonds is 2. The molecule has 0 heterocycles. The lowest BCUT2D eigenvalue weighted by Crippen LogP contribution is -2.13. The molecule has 36 heavy (non-hydrogen) atoms. The van der Waals surface area contributed by atoms with E-state index in [0.717, 1.165) is 35.5 Å².